The first-order valence-electron chi connectivity index (χ1n) is 19.7. The second-order valence-corrected chi connectivity index (χ2v) is 16.1. The zero-order valence-electron chi connectivity index (χ0n) is 32.1. The van der Waals surface area contributed by atoms with Crippen LogP contribution in [-0.4, -0.2) is 52.9 Å². The molecule has 10 aromatic rings. The molecule has 2 heterocycles. The molecule has 0 atom stereocenters. The van der Waals surface area contributed by atoms with Crippen LogP contribution < -0.4 is 9.05 Å². The van der Waals surface area contributed by atoms with Crippen molar-refractivity contribution in [1.82, 2.24) is 0 Å². The van der Waals surface area contributed by atoms with E-state index in [1.165, 1.54) is 0 Å². The van der Waals surface area contributed by atoms with Crippen molar-refractivity contribution in [3.05, 3.63) is 146 Å². The Morgan fingerprint density at radius 3 is 0.831 bits per heavy atom. The van der Waals surface area contributed by atoms with E-state index in [9.17, 15) is 0 Å². The van der Waals surface area contributed by atoms with Crippen molar-refractivity contribution < 1.29 is 40.0 Å². The number of ether oxygens (including phenoxy) is 3. The summed E-state index contributed by atoms with van der Waals surface area (Å²) in [6.07, 6.45) is 0. The lowest BCUT2D eigenvalue weighted by Crippen LogP contribution is -2.13. The molecule has 59 heavy (non-hydrogen) atoms. The molecule has 0 aliphatic heterocycles. The van der Waals surface area contributed by atoms with E-state index in [1.54, 1.807) is 0 Å². The Hall–Kier alpha value is -5.60. The van der Waals surface area contributed by atoms with Gasteiger partial charge in [-0.05, 0) is 67.4 Å². The zero-order valence-corrected chi connectivity index (χ0v) is 33.9. The molecule has 0 fully saturated rings. The molecule has 0 aliphatic carbocycles. The minimum absolute atomic E-state index is 0.307. The van der Waals surface area contributed by atoms with Crippen LogP contribution in [0.3, 0.4) is 0 Å². The van der Waals surface area contributed by atoms with Gasteiger partial charge in [-0.15, -0.1) is 0 Å². The molecule has 0 unspecified atom stereocenters. The molecule has 0 bridgehead atoms. The summed E-state index contributed by atoms with van der Waals surface area (Å²) in [5, 5.41) is 13.0. The summed E-state index contributed by atoms with van der Waals surface area (Å²) in [7, 11) is -3.43. The van der Waals surface area contributed by atoms with Crippen molar-refractivity contribution in [2.75, 3.05) is 52.9 Å². The van der Waals surface area contributed by atoms with Crippen molar-refractivity contribution in [2.24, 2.45) is 0 Å². The Labute approximate surface area is 340 Å². The van der Waals surface area contributed by atoms with Crippen molar-refractivity contribution in [1.29, 1.82) is 0 Å². The average Bonchev–Trinajstić information content (AvgIpc) is 3.56. The highest BCUT2D eigenvalue weighted by molar-refractivity contribution is 7.32. The second-order valence-electron chi connectivity index (χ2n) is 14.0. The molecule has 0 saturated carbocycles. The molecule has 8 aromatic carbocycles. The molecule has 11 heteroatoms. The quantitative estimate of drug-likeness (QED) is 0.0993. The summed E-state index contributed by atoms with van der Waals surface area (Å²) in [5.74, 6) is 0. The van der Waals surface area contributed by atoms with E-state index in [1.807, 2.05) is 72.8 Å². The lowest BCUT2D eigenvalue weighted by atomic mass is 9.99. The molecule has 0 saturated heterocycles. The van der Waals surface area contributed by atoms with Crippen LogP contribution in [0.2, 0.25) is 0 Å². The van der Waals surface area contributed by atoms with Crippen LogP contribution in [0.5, 0.6) is 0 Å². The van der Waals surface area contributed by atoms with Crippen LogP contribution in [0.1, 0.15) is 0 Å². The number of rotatable bonds is 14. The van der Waals surface area contributed by atoms with Crippen molar-refractivity contribution in [3.8, 4) is 0 Å². The third-order valence-electron chi connectivity index (χ3n) is 10.3. The maximum atomic E-state index is 6.40. The van der Waals surface area contributed by atoms with Crippen LogP contribution in [0.4, 0.5) is 0 Å². The zero-order chi connectivity index (χ0) is 39.4. The van der Waals surface area contributed by atoms with Crippen LogP contribution in [0, 0.1) is 0 Å². The molecule has 0 spiro atoms. The third-order valence-corrected chi connectivity index (χ3v) is 12.5. The number of benzene rings is 8. The van der Waals surface area contributed by atoms with Crippen LogP contribution in [0.15, 0.2) is 162 Å². The van der Waals surface area contributed by atoms with Gasteiger partial charge < -0.3 is 31.0 Å². The molecular formula is C48H40O9P2. The Kier molecular flexibility index (Phi) is 11.1. The fourth-order valence-electron chi connectivity index (χ4n) is 7.69. The lowest BCUT2D eigenvalue weighted by Gasteiger charge is -2.06. The Morgan fingerprint density at radius 2 is 0.542 bits per heavy atom. The Bertz CT molecular complexity index is 2790. The fourth-order valence-corrected chi connectivity index (χ4v) is 9.67. The Balaban J connectivity index is 0.710. The fraction of sp³-hybridized carbons (Fsp3) is 0.167. The van der Waals surface area contributed by atoms with Gasteiger partial charge in [0.15, 0.2) is 0 Å². The van der Waals surface area contributed by atoms with E-state index in [0.29, 0.717) is 52.9 Å². The molecule has 10 rings (SSSR count). The van der Waals surface area contributed by atoms with Gasteiger partial charge in [-0.2, -0.15) is 0 Å². The average molecular weight is 823 g/mol. The van der Waals surface area contributed by atoms with E-state index < -0.39 is 16.5 Å². The number of hydrogen-bond donors (Lipinski definition) is 0. The highest BCUT2D eigenvalue weighted by Crippen LogP contribution is 2.42. The first-order chi connectivity index (χ1) is 29.3. The van der Waals surface area contributed by atoms with E-state index >= 15 is 0 Å². The minimum atomic E-state index is -1.71. The molecule has 0 N–H and O–H groups in total. The molecule has 0 amide bonds. The molecule has 2 aromatic heterocycles. The predicted molar refractivity (Wildman–Crippen MR) is 238 cm³/mol. The maximum absolute atomic E-state index is 6.40. The first-order valence-corrected chi connectivity index (χ1v) is 21.9. The summed E-state index contributed by atoms with van der Waals surface area (Å²) < 4.78 is 55.1. The van der Waals surface area contributed by atoms with E-state index in [4.69, 9.17) is 40.0 Å². The van der Waals surface area contributed by atoms with Crippen molar-refractivity contribution in [2.45, 2.75) is 0 Å². The highest BCUT2D eigenvalue weighted by Gasteiger charge is 2.15. The SMILES string of the molecule is c1ccc2c(c1)ccc1op(OCCOCCOCCOCCOp3oc4ccc5ccccc5c4c4c(ccc5ccccc54)o3)oc3ccc4ccccc4c3c12. The lowest BCUT2D eigenvalue weighted by molar-refractivity contribution is 0.00811. The molecule has 296 valence electrons. The van der Waals surface area contributed by atoms with Crippen LogP contribution in [-0.2, 0) is 14.2 Å². The molecule has 0 radical (unpaired) electrons. The van der Waals surface area contributed by atoms with Gasteiger partial charge in [0.25, 0.3) is 0 Å². The smallest absolute Gasteiger partial charge is 0.387 e. The van der Waals surface area contributed by atoms with Gasteiger partial charge >= 0.3 is 16.5 Å². The van der Waals surface area contributed by atoms with Crippen molar-refractivity contribution >= 4 is 103 Å². The standard InChI is InChI=1S/C48H40O9P2/c1-5-13-37-33(9-1)17-21-41-45(37)46-38-14-6-2-10-34(38)18-22-42(46)55-58(54-41)52-31-29-50-27-25-49-26-28-51-30-32-53-59-56-43-23-19-35-11-3-7-15-39(35)47(43)48-40-16-8-4-12-36(40)20-24-44(48)57-59/h1-24H,25-32H2. The first kappa shape index (κ1) is 37.7. The Morgan fingerprint density at radius 1 is 0.288 bits per heavy atom. The summed E-state index contributed by atoms with van der Waals surface area (Å²) >= 11 is 0. The molecule has 0 aliphatic rings. The van der Waals surface area contributed by atoms with Crippen LogP contribution in [0.25, 0.3) is 87.0 Å². The maximum Gasteiger partial charge on any atom is 0.387 e. The van der Waals surface area contributed by atoms with Gasteiger partial charge in [-0.1, -0.05) is 121 Å². The van der Waals surface area contributed by atoms with Gasteiger partial charge in [-0.3, -0.25) is 9.05 Å². The van der Waals surface area contributed by atoms with Gasteiger partial charge in [-0.25, -0.2) is 0 Å². The third kappa shape index (κ3) is 7.83. The van der Waals surface area contributed by atoms with Gasteiger partial charge in [0, 0.05) is 21.5 Å². The molecule has 9 nitrogen and oxygen atoms in total. The van der Waals surface area contributed by atoms with Gasteiger partial charge in [0.1, 0.15) is 22.3 Å². The molecular weight excluding hydrogens is 782 g/mol. The monoisotopic (exact) mass is 822 g/mol. The topological polar surface area (TPSA) is 98.7 Å². The number of fused-ring (bicyclic) bond motifs is 14. The second kappa shape index (κ2) is 17.3. The summed E-state index contributed by atoms with van der Waals surface area (Å²) in [5.41, 5.74) is 2.94. The largest absolute Gasteiger partial charge is 0.399 e. The van der Waals surface area contributed by atoms with Crippen LogP contribution >= 0.6 is 16.5 Å². The van der Waals surface area contributed by atoms with Crippen molar-refractivity contribution in [3.63, 3.8) is 0 Å². The predicted octanol–water partition coefficient (Wildman–Crippen LogP) is 13.1. The highest BCUT2D eigenvalue weighted by atomic mass is 31.1. The summed E-state index contributed by atoms with van der Waals surface area (Å²) in [6.45, 7) is 3.04. The summed E-state index contributed by atoms with van der Waals surface area (Å²) in [6, 6.07) is 49.6. The summed E-state index contributed by atoms with van der Waals surface area (Å²) in [4.78, 5) is 0. The van der Waals surface area contributed by atoms with E-state index in [0.717, 1.165) is 87.0 Å². The van der Waals surface area contributed by atoms with Gasteiger partial charge in [0.2, 0.25) is 0 Å². The van der Waals surface area contributed by atoms with E-state index in [-0.39, 0.29) is 0 Å². The van der Waals surface area contributed by atoms with Gasteiger partial charge in [0.05, 0.1) is 52.9 Å². The number of hydrogen-bond acceptors (Lipinski definition) is 9. The normalized spacial score (nSPS) is 11.9. The van der Waals surface area contributed by atoms with E-state index in [2.05, 4.69) is 72.8 Å². The minimum Gasteiger partial charge on any atom is -0.399 e.